The zero-order valence-electron chi connectivity index (χ0n) is 8.85. The van der Waals surface area contributed by atoms with E-state index in [9.17, 15) is 4.39 Å². The molecule has 0 saturated heterocycles. The maximum Gasteiger partial charge on any atom is 0.146 e. The SMILES string of the molecule is CN(C)C[C@@H]1NCc2c1ccc(Cl)c2F. The summed E-state index contributed by atoms with van der Waals surface area (Å²) < 4.78 is 13.6. The average Bonchev–Trinajstić information content (AvgIpc) is 2.55. The number of halogens is 2. The summed E-state index contributed by atoms with van der Waals surface area (Å²) in [5.41, 5.74) is 1.75. The molecule has 0 amide bonds. The van der Waals surface area contributed by atoms with Crippen LogP contribution < -0.4 is 5.32 Å². The van der Waals surface area contributed by atoms with Gasteiger partial charge in [-0.1, -0.05) is 17.7 Å². The molecule has 0 saturated carbocycles. The van der Waals surface area contributed by atoms with Gasteiger partial charge in [-0.25, -0.2) is 4.39 Å². The molecule has 0 fully saturated rings. The number of hydrogen-bond donors (Lipinski definition) is 1. The van der Waals surface area contributed by atoms with Gasteiger partial charge >= 0.3 is 0 Å². The molecule has 0 unspecified atom stereocenters. The van der Waals surface area contributed by atoms with Crippen LogP contribution in [-0.4, -0.2) is 25.5 Å². The van der Waals surface area contributed by atoms with Crippen LogP contribution in [0.2, 0.25) is 5.02 Å². The smallest absolute Gasteiger partial charge is 0.146 e. The van der Waals surface area contributed by atoms with Gasteiger partial charge in [0.05, 0.1) is 5.02 Å². The minimum Gasteiger partial charge on any atom is -0.308 e. The Hall–Kier alpha value is -0.640. The van der Waals surface area contributed by atoms with Gasteiger partial charge in [-0.05, 0) is 25.7 Å². The van der Waals surface area contributed by atoms with Gasteiger partial charge < -0.3 is 10.2 Å². The van der Waals surface area contributed by atoms with Gasteiger partial charge in [-0.2, -0.15) is 0 Å². The van der Waals surface area contributed by atoms with Crippen LogP contribution in [0.3, 0.4) is 0 Å². The summed E-state index contributed by atoms with van der Waals surface area (Å²) in [7, 11) is 4.01. The highest BCUT2D eigenvalue weighted by Gasteiger charge is 2.25. The molecule has 1 heterocycles. The number of nitrogens with zero attached hydrogens (tertiary/aromatic N) is 1. The third kappa shape index (κ3) is 2.00. The standard InChI is InChI=1S/C11H14ClFN2/c1-15(2)6-10-7-3-4-9(12)11(13)8(7)5-14-10/h3-4,10,14H,5-6H2,1-2H3/t10-/m0/s1. The fraction of sp³-hybridized carbons (Fsp3) is 0.455. The van der Waals surface area contributed by atoms with E-state index in [-0.39, 0.29) is 16.9 Å². The van der Waals surface area contributed by atoms with E-state index in [4.69, 9.17) is 11.6 Å². The van der Waals surface area contributed by atoms with Crippen molar-refractivity contribution in [3.8, 4) is 0 Å². The van der Waals surface area contributed by atoms with E-state index in [0.29, 0.717) is 12.1 Å². The van der Waals surface area contributed by atoms with Gasteiger partial charge in [0.25, 0.3) is 0 Å². The van der Waals surface area contributed by atoms with Crippen LogP contribution in [0.1, 0.15) is 17.2 Å². The Kier molecular flexibility index (Phi) is 2.96. The van der Waals surface area contributed by atoms with Gasteiger partial charge in [0.15, 0.2) is 0 Å². The Bertz CT molecular complexity index is 379. The maximum atomic E-state index is 13.6. The first-order valence-electron chi connectivity index (χ1n) is 4.94. The van der Waals surface area contributed by atoms with Crippen molar-refractivity contribution in [1.82, 2.24) is 10.2 Å². The Morgan fingerprint density at radius 3 is 2.93 bits per heavy atom. The summed E-state index contributed by atoms with van der Waals surface area (Å²) >= 11 is 5.73. The first-order chi connectivity index (χ1) is 7.09. The van der Waals surface area contributed by atoms with E-state index in [1.165, 1.54) is 0 Å². The highest BCUT2D eigenvalue weighted by Crippen LogP contribution is 2.31. The second kappa shape index (κ2) is 4.08. The van der Waals surface area contributed by atoms with E-state index in [0.717, 1.165) is 12.1 Å². The summed E-state index contributed by atoms with van der Waals surface area (Å²) in [4.78, 5) is 2.08. The molecule has 0 aromatic heterocycles. The van der Waals surface area contributed by atoms with Gasteiger partial charge in [0, 0.05) is 24.7 Å². The molecule has 2 nitrogen and oxygen atoms in total. The van der Waals surface area contributed by atoms with Crippen LogP contribution in [-0.2, 0) is 6.54 Å². The fourth-order valence-electron chi connectivity index (χ4n) is 1.98. The van der Waals surface area contributed by atoms with Crippen LogP contribution in [0, 0.1) is 5.82 Å². The number of likely N-dealkylation sites (N-methyl/N-ethyl adjacent to an activating group) is 1. The molecule has 0 spiro atoms. The minimum atomic E-state index is -0.275. The zero-order valence-corrected chi connectivity index (χ0v) is 9.61. The lowest BCUT2D eigenvalue weighted by Gasteiger charge is -2.17. The van der Waals surface area contributed by atoms with E-state index in [2.05, 4.69) is 10.2 Å². The molecule has 4 heteroatoms. The second-order valence-corrected chi connectivity index (χ2v) is 4.53. The van der Waals surface area contributed by atoms with Gasteiger partial charge in [0.1, 0.15) is 5.82 Å². The summed E-state index contributed by atoms with van der Waals surface area (Å²) in [5.74, 6) is -0.275. The van der Waals surface area contributed by atoms with Crippen LogP contribution in [0.5, 0.6) is 0 Å². The molecular weight excluding hydrogens is 215 g/mol. The lowest BCUT2D eigenvalue weighted by molar-refractivity contribution is 0.353. The lowest BCUT2D eigenvalue weighted by atomic mass is 10.0. The number of nitrogens with one attached hydrogen (secondary N) is 1. The Morgan fingerprint density at radius 1 is 1.53 bits per heavy atom. The Morgan fingerprint density at radius 2 is 2.27 bits per heavy atom. The van der Waals surface area contributed by atoms with Crippen LogP contribution in [0.4, 0.5) is 4.39 Å². The molecule has 1 aromatic carbocycles. The molecule has 1 N–H and O–H groups in total. The van der Waals surface area contributed by atoms with Gasteiger partial charge in [-0.15, -0.1) is 0 Å². The Labute approximate surface area is 94.0 Å². The monoisotopic (exact) mass is 228 g/mol. The summed E-state index contributed by atoms with van der Waals surface area (Å²) in [6.07, 6.45) is 0. The van der Waals surface area contributed by atoms with Crippen molar-refractivity contribution in [2.24, 2.45) is 0 Å². The topological polar surface area (TPSA) is 15.3 Å². The molecule has 1 aromatic rings. The van der Waals surface area contributed by atoms with E-state index in [1.54, 1.807) is 6.07 Å². The molecule has 0 radical (unpaired) electrons. The molecular formula is C11H14ClFN2. The van der Waals surface area contributed by atoms with Crippen molar-refractivity contribution < 1.29 is 4.39 Å². The largest absolute Gasteiger partial charge is 0.308 e. The van der Waals surface area contributed by atoms with Crippen molar-refractivity contribution in [2.45, 2.75) is 12.6 Å². The van der Waals surface area contributed by atoms with Crippen LogP contribution >= 0.6 is 11.6 Å². The number of rotatable bonds is 2. The van der Waals surface area contributed by atoms with Crippen molar-refractivity contribution in [3.63, 3.8) is 0 Å². The van der Waals surface area contributed by atoms with Crippen LogP contribution in [0.25, 0.3) is 0 Å². The second-order valence-electron chi connectivity index (χ2n) is 4.12. The third-order valence-electron chi connectivity index (χ3n) is 2.68. The molecule has 1 aliphatic heterocycles. The van der Waals surface area contributed by atoms with Crippen molar-refractivity contribution in [1.29, 1.82) is 0 Å². The third-order valence-corrected chi connectivity index (χ3v) is 2.97. The molecule has 82 valence electrons. The van der Waals surface area contributed by atoms with Crippen molar-refractivity contribution in [3.05, 3.63) is 34.1 Å². The molecule has 1 atom stereocenters. The first-order valence-corrected chi connectivity index (χ1v) is 5.32. The maximum absolute atomic E-state index is 13.6. The molecule has 0 aliphatic carbocycles. The predicted molar refractivity (Wildman–Crippen MR) is 59.5 cm³/mol. The van der Waals surface area contributed by atoms with Gasteiger partial charge in [-0.3, -0.25) is 0 Å². The summed E-state index contributed by atoms with van der Waals surface area (Å²) in [5, 5.41) is 3.49. The minimum absolute atomic E-state index is 0.209. The van der Waals surface area contributed by atoms with E-state index >= 15 is 0 Å². The molecule has 2 rings (SSSR count). The zero-order chi connectivity index (χ0) is 11.0. The van der Waals surface area contributed by atoms with E-state index in [1.807, 2.05) is 20.2 Å². The molecule has 15 heavy (non-hydrogen) atoms. The number of hydrogen-bond acceptors (Lipinski definition) is 2. The first kappa shape index (κ1) is 10.9. The van der Waals surface area contributed by atoms with E-state index < -0.39 is 0 Å². The van der Waals surface area contributed by atoms with Crippen molar-refractivity contribution >= 4 is 11.6 Å². The lowest BCUT2D eigenvalue weighted by Crippen LogP contribution is -2.26. The molecule has 1 aliphatic rings. The number of fused-ring (bicyclic) bond motifs is 1. The highest BCUT2D eigenvalue weighted by molar-refractivity contribution is 6.30. The summed E-state index contributed by atoms with van der Waals surface area (Å²) in [6.45, 7) is 1.44. The number of benzene rings is 1. The fourth-order valence-corrected chi connectivity index (χ4v) is 2.15. The van der Waals surface area contributed by atoms with Crippen LogP contribution in [0.15, 0.2) is 12.1 Å². The predicted octanol–water partition coefficient (Wildman–Crippen LogP) is 2.18. The molecule has 0 bridgehead atoms. The van der Waals surface area contributed by atoms with Crippen molar-refractivity contribution in [2.75, 3.05) is 20.6 Å². The normalized spacial score (nSPS) is 19.7. The highest BCUT2D eigenvalue weighted by atomic mass is 35.5. The van der Waals surface area contributed by atoms with Gasteiger partial charge in [0.2, 0.25) is 0 Å². The Balaban J connectivity index is 2.32. The quantitative estimate of drug-likeness (QED) is 0.835. The average molecular weight is 229 g/mol. The summed E-state index contributed by atoms with van der Waals surface area (Å²) in [6, 6.07) is 3.75.